The Balaban J connectivity index is 2.77. The largest absolute Gasteiger partial charge is 0.387 e. The third kappa shape index (κ3) is 2.43. The number of nitrogens with zero attached hydrogens (tertiary/aromatic N) is 1. The number of hydrogen-bond acceptors (Lipinski definition) is 5. The number of thiazole rings is 1. The predicted molar refractivity (Wildman–Crippen MR) is 58.9 cm³/mol. The molecule has 80 valence electrons. The summed E-state index contributed by atoms with van der Waals surface area (Å²) in [6, 6.07) is 0. The highest BCUT2D eigenvalue weighted by Gasteiger charge is 2.24. The van der Waals surface area contributed by atoms with Crippen molar-refractivity contribution in [1.82, 2.24) is 4.98 Å². The molecule has 2 unspecified atom stereocenters. The maximum atomic E-state index is 10.00. The third-order valence-corrected chi connectivity index (χ3v) is 3.26. The molecule has 1 aromatic heterocycles. The van der Waals surface area contributed by atoms with Crippen molar-refractivity contribution in [2.45, 2.75) is 20.0 Å². The topological polar surface area (TPSA) is 85.2 Å². The van der Waals surface area contributed by atoms with Gasteiger partial charge in [-0.2, -0.15) is 0 Å². The Hall–Kier alpha value is -0.650. The van der Waals surface area contributed by atoms with Crippen molar-refractivity contribution in [3.8, 4) is 0 Å². The number of rotatable bonds is 4. The average Bonchev–Trinajstić information content (AvgIpc) is 2.52. The Morgan fingerprint density at radius 1 is 1.57 bits per heavy atom. The molecular weight excluding hydrogens is 198 g/mol. The van der Waals surface area contributed by atoms with Gasteiger partial charge in [0.05, 0.1) is 11.0 Å². The van der Waals surface area contributed by atoms with Crippen LogP contribution in [0.15, 0.2) is 6.20 Å². The minimum absolute atomic E-state index is 0.0647. The van der Waals surface area contributed by atoms with Crippen LogP contribution in [-0.4, -0.2) is 16.6 Å². The molecule has 0 saturated heterocycles. The van der Waals surface area contributed by atoms with Crippen molar-refractivity contribution >= 4 is 16.5 Å². The van der Waals surface area contributed by atoms with E-state index in [0.29, 0.717) is 17.6 Å². The van der Waals surface area contributed by atoms with E-state index in [9.17, 15) is 5.11 Å². The second-order valence-corrected chi connectivity index (χ2v) is 4.78. The molecule has 14 heavy (non-hydrogen) atoms. The summed E-state index contributed by atoms with van der Waals surface area (Å²) in [5, 5.41) is 10.5. The van der Waals surface area contributed by atoms with Gasteiger partial charge in [-0.15, -0.1) is 0 Å². The van der Waals surface area contributed by atoms with Crippen LogP contribution in [0.3, 0.4) is 0 Å². The maximum absolute atomic E-state index is 10.00. The van der Waals surface area contributed by atoms with Gasteiger partial charge in [-0.25, -0.2) is 4.98 Å². The van der Waals surface area contributed by atoms with E-state index >= 15 is 0 Å². The van der Waals surface area contributed by atoms with E-state index in [1.54, 1.807) is 6.20 Å². The Kier molecular flexibility index (Phi) is 3.86. The van der Waals surface area contributed by atoms with Crippen molar-refractivity contribution < 1.29 is 5.11 Å². The first-order valence-corrected chi connectivity index (χ1v) is 5.47. The molecule has 0 bridgehead atoms. The first-order chi connectivity index (χ1) is 6.56. The normalized spacial score (nSPS) is 15.8. The van der Waals surface area contributed by atoms with Gasteiger partial charge in [-0.1, -0.05) is 25.2 Å². The number of nitrogens with two attached hydrogens (primary N) is 2. The summed E-state index contributed by atoms with van der Waals surface area (Å²) in [5.41, 5.74) is 11.1. The molecule has 0 amide bonds. The molecule has 0 aliphatic rings. The van der Waals surface area contributed by atoms with Gasteiger partial charge in [0.25, 0.3) is 0 Å². The molecule has 0 spiro atoms. The SMILES string of the molecule is CC(C)C(CN)C(O)c1cnc(N)s1. The Bertz CT molecular complexity index is 287. The predicted octanol–water partition coefficient (Wildman–Crippen LogP) is 0.990. The van der Waals surface area contributed by atoms with Crippen molar-refractivity contribution in [2.75, 3.05) is 12.3 Å². The van der Waals surface area contributed by atoms with Crippen molar-refractivity contribution in [2.24, 2.45) is 17.6 Å². The van der Waals surface area contributed by atoms with Crippen LogP contribution in [0.4, 0.5) is 5.13 Å². The number of hydrogen-bond donors (Lipinski definition) is 3. The van der Waals surface area contributed by atoms with Gasteiger partial charge >= 0.3 is 0 Å². The van der Waals surface area contributed by atoms with E-state index in [0.717, 1.165) is 4.88 Å². The van der Waals surface area contributed by atoms with Crippen LogP contribution in [0.25, 0.3) is 0 Å². The molecule has 0 aliphatic carbocycles. The molecule has 5 heteroatoms. The van der Waals surface area contributed by atoms with Crippen LogP contribution in [0.1, 0.15) is 24.8 Å². The van der Waals surface area contributed by atoms with Gasteiger partial charge in [-0.3, -0.25) is 0 Å². The number of aliphatic hydroxyl groups excluding tert-OH is 1. The lowest BCUT2D eigenvalue weighted by Gasteiger charge is -2.23. The van der Waals surface area contributed by atoms with E-state index in [4.69, 9.17) is 11.5 Å². The van der Waals surface area contributed by atoms with Crippen LogP contribution < -0.4 is 11.5 Å². The quantitative estimate of drug-likeness (QED) is 0.699. The third-order valence-electron chi connectivity index (χ3n) is 2.37. The zero-order valence-corrected chi connectivity index (χ0v) is 9.29. The minimum atomic E-state index is -0.546. The summed E-state index contributed by atoms with van der Waals surface area (Å²) in [4.78, 5) is 4.71. The standard InChI is InChI=1S/C9H17N3OS/c1-5(2)6(3-10)8(13)7-4-12-9(11)14-7/h4-6,8,13H,3,10H2,1-2H3,(H2,11,12). The van der Waals surface area contributed by atoms with E-state index in [1.807, 2.05) is 13.8 Å². The van der Waals surface area contributed by atoms with Crippen LogP contribution in [0.5, 0.6) is 0 Å². The summed E-state index contributed by atoms with van der Waals surface area (Å²) < 4.78 is 0. The molecule has 0 aromatic carbocycles. The Morgan fingerprint density at radius 3 is 2.57 bits per heavy atom. The first kappa shape index (κ1) is 11.4. The van der Waals surface area contributed by atoms with Gasteiger partial charge in [0.15, 0.2) is 5.13 Å². The second-order valence-electron chi connectivity index (χ2n) is 3.69. The maximum Gasteiger partial charge on any atom is 0.180 e. The molecule has 1 rings (SSSR count). The molecule has 0 aliphatic heterocycles. The lowest BCUT2D eigenvalue weighted by molar-refractivity contribution is 0.0890. The lowest BCUT2D eigenvalue weighted by Crippen LogP contribution is -2.26. The molecule has 2 atom stereocenters. The Morgan fingerprint density at radius 2 is 2.21 bits per heavy atom. The minimum Gasteiger partial charge on any atom is -0.387 e. The van der Waals surface area contributed by atoms with E-state index in [1.165, 1.54) is 11.3 Å². The van der Waals surface area contributed by atoms with Crippen molar-refractivity contribution in [3.05, 3.63) is 11.1 Å². The van der Waals surface area contributed by atoms with E-state index < -0.39 is 6.10 Å². The van der Waals surface area contributed by atoms with Crippen molar-refractivity contribution in [3.63, 3.8) is 0 Å². The number of nitrogen functional groups attached to an aromatic ring is 1. The summed E-state index contributed by atoms with van der Waals surface area (Å²) in [7, 11) is 0. The van der Waals surface area contributed by atoms with Crippen LogP contribution in [0, 0.1) is 11.8 Å². The molecule has 4 nitrogen and oxygen atoms in total. The van der Waals surface area contributed by atoms with Gasteiger partial charge in [-0.05, 0) is 12.5 Å². The summed E-state index contributed by atoms with van der Waals surface area (Å²) in [6.07, 6.45) is 1.07. The zero-order chi connectivity index (χ0) is 10.7. The fraction of sp³-hybridized carbons (Fsp3) is 0.667. The van der Waals surface area contributed by atoms with Gasteiger partial charge in [0.2, 0.25) is 0 Å². The molecular formula is C9H17N3OS. The lowest BCUT2D eigenvalue weighted by atomic mass is 9.90. The molecule has 5 N–H and O–H groups in total. The highest BCUT2D eigenvalue weighted by Crippen LogP contribution is 2.31. The summed E-state index contributed by atoms with van der Waals surface area (Å²) in [5.74, 6) is 0.410. The fourth-order valence-corrected chi connectivity index (χ4v) is 2.16. The Labute approximate surface area is 88.0 Å². The first-order valence-electron chi connectivity index (χ1n) is 4.65. The zero-order valence-electron chi connectivity index (χ0n) is 8.47. The fourth-order valence-electron chi connectivity index (χ4n) is 1.41. The molecule has 1 heterocycles. The van der Waals surface area contributed by atoms with Crippen LogP contribution in [0.2, 0.25) is 0 Å². The van der Waals surface area contributed by atoms with Gasteiger partial charge in [0, 0.05) is 12.1 Å². The monoisotopic (exact) mass is 215 g/mol. The highest BCUT2D eigenvalue weighted by molar-refractivity contribution is 7.15. The molecule has 0 fully saturated rings. The van der Waals surface area contributed by atoms with E-state index in [-0.39, 0.29) is 5.92 Å². The molecule has 1 aromatic rings. The summed E-state index contributed by atoms with van der Waals surface area (Å²) in [6.45, 7) is 4.56. The highest BCUT2D eigenvalue weighted by atomic mass is 32.1. The van der Waals surface area contributed by atoms with Crippen LogP contribution >= 0.6 is 11.3 Å². The molecule has 0 radical (unpaired) electrons. The van der Waals surface area contributed by atoms with E-state index in [2.05, 4.69) is 4.98 Å². The molecule has 0 saturated carbocycles. The smallest absolute Gasteiger partial charge is 0.180 e. The number of anilines is 1. The van der Waals surface area contributed by atoms with Crippen molar-refractivity contribution in [1.29, 1.82) is 0 Å². The van der Waals surface area contributed by atoms with Gasteiger partial charge < -0.3 is 16.6 Å². The summed E-state index contributed by atoms with van der Waals surface area (Å²) >= 11 is 1.32. The van der Waals surface area contributed by atoms with Crippen LogP contribution in [-0.2, 0) is 0 Å². The van der Waals surface area contributed by atoms with Gasteiger partial charge in [0.1, 0.15) is 0 Å². The number of aliphatic hydroxyl groups is 1. The number of aromatic nitrogens is 1. The average molecular weight is 215 g/mol. The second kappa shape index (κ2) is 4.72.